The summed E-state index contributed by atoms with van der Waals surface area (Å²) >= 11 is 0. The predicted molar refractivity (Wildman–Crippen MR) is 54.3 cm³/mol. The lowest BCUT2D eigenvalue weighted by molar-refractivity contribution is 0.0205. The maximum Gasteiger partial charge on any atom is 0.509 e. The van der Waals surface area contributed by atoms with Crippen molar-refractivity contribution in [2.45, 2.75) is 19.2 Å². The van der Waals surface area contributed by atoms with Crippen molar-refractivity contribution >= 4 is 6.16 Å². The summed E-state index contributed by atoms with van der Waals surface area (Å²) in [5.41, 5.74) is 2.47. The molecule has 1 aromatic carbocycles. The Bertz CT molecular complexity index is 365. The third-order valence-electron chi connectivity index (χ3n) is 2.45. The highest BCUT2D eigenvalue weighted by molar-refractivity contribution is 5.59. The summed E-state index contributed by atoms with van der Waals surface area (Å²) in [6.07, 6.45) is -0.245. The molecule has 0 radical (unpaired) electrons. The van der Waals surface area contributed by atoms with Crippen LogP contribution in [0.4, 0.5) is 4.79 Å². The van der Waals surface area contributed by atoms with Crippen molar-refractivity contribution in [3.8, 4) is 0 Å². The molecule has 0 saturated carbocycles. The van der Waals surface area contributed by atoms with Gasteiger partial charge in [0.1, 0.15) is 0 Å². The summed E-state index contributed by atoms with van der Waals surface area (Å²) in [5, 5.41) is 3.12. The Labute approximate surface area is 88.2 Å². The van der Waals surface area contributed by atoms with Gasteiger partial charge in [-0.1, -0.05) is 24.3 Å². The second-order valence-electron chi connectivity index (χ2n) is 3.41. The molecule has 1 aliphatic heterocycles. The molecule has 1 N–H and O–H groups in total. The smallest absolute Gasteiger partial charge is 0.438 e. The van der Waals surface area contributed by atoms with E-state index in [1.54, 1.807) is 0 Å². The van der Waals surface area contributed by atoms with Crippen LogP contribution in [0.2, 0.25) is 0 Å². The number of rotatable bonds is 1. The van der Waals surface area contributed by atoms with E-state index in [9.17, 15) is 4.79 Å². The Morgan fingerprint density at radius 3 is 2.87 bits per heavy atom. The molecule has 0 unspecified atom stereocenters. The highest BCUT2D eigenvalue weighted by Crippen LogP contribution is 2.16. The van der Waals surface area contributed by atoms with Gasteiger partial charge in [-0.3, -0.25) is 5.32 Å². The molecule has 80 valence electrons. The number of benzene rings is 1. The molecule has 1 heterocycles. The molecule has 1 atom stereocenters. The maximum absolute atomic E-state index is 10.9. The molecule has 2 rings (SSSR count). The Hall–Kier alpha value is -1.55. The van der Waals surface area contributed by atoms with Crippen LogP contribution in [0.15, 0.2) is 24.3 Å². The van der Waals surface area contributed by atoms with Gasteiger partial charge in [0.25, 0.3) is 0 Å². The quantitative estimate of drug-likeness (QED) is 0.708. The van der Waals surface area contributed by atoms with Gasteiger partial charge in [0.05, 0.1) is 7.11 Å². The third-order valence-corrected chi connectivity index (χ3v) is 2.45. The van der Waals surface area contributed by atoms with E-state index in [1.807, 2.05) is 18.2 Å². The first-order valence-electron chi connectivity index (χ1n) is 4.84. The number of carbonyl (C=O) groups excluding carboxylic acids is 1. The number of ether oxygens (including phenoxy) is 2. The van der Waals surface area contributed by atoms with E-state index >= 15 is 0 Å². The number of nitrogens with one attached hydrogen (secondary N) is 1. The molecule has 0 aliphatic carbocycles. The summed E-state index contributed by atoms with van der Waals surface area (Å²) in [7, 11) is 1.30. The lowest BCUT2D eigenvalue weighted by Crippen LogP contribution is -2.39. The van der Waals surface area contributed by atoms with Crippen LogP contribution in [-0.2, 0) is 22.4 Å². The van der Waals surface area contributed by atoms with E-state index in [4.69, 9.17) is 4.74 Å². The Morgan fingerprint density at radius 1 is 1.40 bits per heavy atom. The van der Waals surface area contributed by atoms with Gasteiger partial charge >= 0.3 is 6.16 Å². The molecule has 0 aromatic heterocycles. The van der Waals surface area contributed by atoms with E-state index in [-0.39, 0.29) is 6.23 Å². The molecule has 4 heteroatoms. The molecule has 0 bridgehead atoms. The minimum atomic E-state index is -0.646. The van der Waals surface area contributed by atoms with Crippen molar-refractivity contribution in [2.24, 2.45) is 0 Å². The van der Waals surface area contributed by atoms with Crippen LogP contribution < -0.4 is 5.32 Å². The summed E-state index contributed by atoms with van der Waals surface area (Å²) in [6, 6.07) is 8.10. The topological polar surface area (TPSA) is 47.6 Å². The lowest BCUT2D eigenvalue weighted by Gasteiger charge is -2.25. The van der Waals surface area contributed by atoms with E-state index in [2.05, 4.69) is 16.1 Å². The molecule has 1 aromatic rings. The molecular formula is C11H13NO3. The van der Waals surface area contributed by atoms with Gasteiger partial charge in [0.15, 0.2) is 6.23 Å². The van der Waals surface area contributed by atoms with Crippen molar-refractivity contribution in [2.75, 3.05) is 7.11 Å². The van der Waals surface area contributed by atoms with E-state index in [0.29, 0.717) is 6.42 Å². The number of methoxy groups -OCH3 is 1. The molecule has 0 fully saturated rings. The molecule has 0 amide bonds. The second kappa shape index (κ2) is 4.31. The van der Waals surface area contributed by atoms with Crippen molar-refractivity contribution < 1.29 is 14.3 Å². The summed E-state index contributed by atoms with van der Waals surface area (Å²) in [5.74, 6) is 0. The van der Waals surface area contributed by atoms with Crippen LogP contribution in [0.3, 0.4) is 0 Å². The third kappa shape index (κ3) is 2.27. The molecule has 1 aliphatic rings. The van der Waals surface area contributed by atoms with Crippen molar-refractivity contribution in [1.82, 2.24) is 5.32 Å². The fourth-order valence-electron chi connectivity index (χ4n) is 1.67. The fraction of sp³-hybridized carbons (Fsp3) is 0.364. The van der Waals surface area contributed by atoms with Gasteiger partial charge in [-0.15, -0.1) is 0 Å². The summed E-state index contributed by atoms with van der Waals surface area (Å²) < 4.78 is 9.46. The van der Waals surface area contributed by atoms with E-state index in [0.717, 1.165) is 6.54 Å². The minimum absolute atomic E-state index is 0.285. The Morgan fingerprint density at radius 2 is 2.13 bits per heavy atom. The zero-order valence-electron chi connectivity index (χ0n) is 8.53. The van der Waals surface area contributed by atoms with Crippen LogP contribution in [-0.4, -0.2) is 19.5 Å². The van der Waals surface area contributed by atoms with E-state index < -0.39 is 6.16 Å². The number of carbonyl (C=O) groups is 1. The van der Waals surface area contributed by atoms with Crippen molar-refractivity contribution in [1.29, 1.82) is 0 Å². The Balaban J connectivity index is 2.02. The monoisotopic (exact) mass is 207 g/mol. The van der Waals surface area contributed by atoms with Crippen molar-refractivity contribution in [3.05, 3.63) is 35.4 Å². The fourth-order valence-corrected chi connectivity index (χ4v) is 1.67. The summed E-state index contributed by atoms with van der Waals surface area (Å²) in [6.45, 7) is 0.720. The largest absolute Gasteiger partial charge is 0.509 e. The molecule has 4 nitrogen and oxygen atoms in total. The van der Waals surface area contributed by atoms with Gasteiger partial charge in [-0.2, -0.15) is 0 Å². The number of fused-ring (bicyclic) bond motifs is 1. The van der Waals surface area contributed by atoms with Crippen LogP contribution in [0.5, 0.6) is 0 Å². The van der Waals surface area contributed by atoms with Gasteiger partial charge in [0.2, 0.25) is 0 Å². The number of hydrogen-bond acceptors (Lipinski definition) is 4. The normalized spacial score (nSPS) is 19.1. The van der Waals surface area contributed by atoms with Gasteiger partial charge in [-0.05, 0) is 11.1 Å². The summed E-state index contributed by atoms with van der Waals surface area (Å²) in [4.78, 5) is 10.9. The standard InChI is InChI=1S/C11H13NO3/c1-14-11(13)15-10-6-8-4-2-3-5-9(8)7-12-10/h2-5,10,12H,6-7H2,1H3/t10-/m1/s1. The first-order chi connectivity index (χ1) is 7.29. The number of hydrogen-bond donors (Lipinski definition) is 1. The average Bonchev–Trinajstić information content (AvgIpc) is 2.29. The molecular weight excluding hydrogens is 194 g/mol. The first-order valence-corrected chi connectivity index (χ1v) is 4.84. The SMILES string of the molecule is COC(=O)O[C@@H]1Cc2ccccc2CN1. The minimum Gasteiger partial charge on any atom is -0.438 e. The zero-order chi connectivity index (χ0) is 10.7. The predicted octanol–water partition coefficient (Wildman–Crippen LogP) is 1.44. The van der Waals surface area contributed by atoms with Crippen LogP contribution >= 0.6 is 0 Å². The van der Waals surface area contributed by atoms with Crippen LogP contribution in [0.1, 0.15) is 11.1 Å². The van der Waals surface area contributed by atoms with Gasteiger partial charge in [-0.25, -0.2) is 4.79 Å². The Kier molecular flexibility index (Phi) is 2.87. The zero-order valence-corrected chi connectivity index (χ0v) is 8.53. The molecule has 0 saturated heterocycles. The van der Waals surface area contributed by atoms with E-state index in [1.165, 1.54) is 18.2 Å². The van der Waals surface area contributed by atoms with Gasteiger partial charge in [0, 0.05) is 13.0 Å². The maximum atomic E-state index is 10.9. The first kappa shape index (κ1) is 9.98. The van der Waals surface area contributed by atoms with Crippen LogP contribution in [0, 0.1) is 0 Å². The van der Waals surface area contributed by atoms with Crippen LogP contribution in [0.25, 0.3) is 0 Å². The highest BCUT2D eigenvalue weighted by Gasteiger charge is 2.20. The average molecular weight is 207 g/mol. The molecule has 15 heavy (non-hydrogen) atoms. The molecule has 0 spiro atoms. The lowest BCUT2D eigenvalue weighted by atomic mass is 10.0. The van der Waals surface area contributed by atoms with Crippen molar-refractivity contribution in [3.63, 3.8) is 0 Å². The second-order valence-corrected chi connectivity index (χ2v) is 3.41. The highest BCUT2D eigenvalue weighted by atomic mass is 16.7. The van der Waals surface area contributed by atoms with Gasteiger partial charge < -0.3 is 9.47 Å².